The lowest BCUT2D eigenvalue weighted by Gasteiger charge is -2.25. The van der Waals surface area contributed by atoms with Crippen LogP contribution >= 0.6 is 11.8 Å². The summed E-state index contributed by atoms with van der Waals surface area (Å²) in [5, 5.41) is 15.0. The van der Waals surface area contributed by atoms with Crippen LogP contribution in [-0.4, -0.2) is 47.1 Å². The number of carboxylic acids is 1. The molecule has 1 saturated heterocycles. The largest absolute Gasteiger partial charge is 0.480 e. The minimum Gasteiger partial charge on any atom is -0.480 e. The van der Waals surface area contributed by atoms with Crippen LogP contribution in [0.25, 0.3) is 0 Å². The SMILES string of the molecule is CCC(C)[C@H](NC(=O)CC1CSCCN1)C(=O)O. The average Bonchev–Trinajstić information content (AvgIpc) is 2.36. The summed E-state index contributed by atoms with van der Waals surface area (Å²) in [5.41, 5.74) is 0. The Bertz CT molecular complexity index is 293. The molecule has 2 unspecified atom stereocenters. The summed E-state index contributed by atoms with van der Waals surface area (Å²) in [4.78, 5) is 22.9. The maximum Gasteiger partial charge on any atom is 0.326 e. The molecule has 3 atom stereocenters. The first kappa shape index (κ1) is 15.3. The number of hydrogen-bond donors (Lipinski definition) is 3. The Labute approximate surface area is 112 Å². The average molecular weight is 274 g/mol. The van der Waals surface area contributed by atoms with Gasteiger partial charge in [0.05, 0.1) is 0 Å². The Hall–Kier alpha value is -0.750. The van der Waals surface area contributed by atoms with Gasteiger partial charge in [0.1, 0.15) is 6.04 Å². The van der Waals surface area contributed by atoms with E-state index in [0.717, 1.165) is 24.5 Å². The van der Waals surface area contributed by atoms with Gasteiger partial charge in [-0.3, -0.25) is 4.79 Å². The van der Waals surface area contributed by atoms with Gasteiger partial charge in [-0.2, -0.15) is 11.8 Å². The van der Waals surface area contributed by atoms with Crippen molar-refractivity contribution in [2.24, 2.45) is 5.92 Å². The number of thioether (sulfide) groups is 1. The van der Waals surface area contributed by atoms with Gasteiger partial charge in [-0.1, -0.05) is 20.3 Å². The van der Waals surface area contributed by atoms with Gasteiger partial charge in [-0.25, -0.2) is 4.79 Å². The summed E-state index contributed by atoms with van der Waals surface area (Å²) >= 11 is 1.82. The van der Waals surface area contributed by atoms with E-state index in [-0.39, 0.29) is 17.9 Å². The zero-order valence-corrected chi connectivity index (χ0v) is 11.8. The summed E-state index contributed by atoms with van der Waals surface area (Å²) in [7, 11) is 0. The van der Waals surface area contributed by atoms with Crippen LogP contribution in [0.1, 0.15) is 26.7 Å². The van der Waals surface area contributed by atoms with Crippen LogP contribution in [0.5, 0.6) is 0 Å². The van der Waals surface area contributed by atoms with E-state index in [4.69, 9.17) is 5.11 Å². The Balaban J connectivity index is 2.42. The molecule has 3 N–H and O–H groups in total. The Kier molecular flexibility index (Phi) is 6.49. The van der Waals surface area contributed by atoms with Crippen molar-refractivity contribution in [2.45, 2.75) is 38.8 Å². The van der Waals surface area contributed by atoms with Gasteiger partial charge in [0.15, 0.2) is 0 Å². The minimum absolute atomic E-state index is 0.0554. The molecule has 0 aromatic carbocycles. The summed E-state index contributed by atoms with van der Waals surface area (Å²) in [6.07, 6.45) is 1.09. The zero-order valence-electron chi connectivity index (χ0n) is 10.9. The molecule has 0 saturated carbocycles. The van der Waals surface area contributed by atoms with Gasteiger partial charge < -0.3 is 15.7 Å². The molecule has 1 rings (SSSR count). The van der Waals surface area contributed by atoms with E-state index in [9.17, 15) is 9.59 Å². The van der Waals surface area contributed by atoms with Crippen molar-refractivity contribution in [1.82, 2.24) is 10.6 Å². The van der Waals surface area contributed by atoms with Gasteiger partial charge in [0, 0.05) is 30.5 Å². The molecular formula is C12H22N2O3S. The standard InChI is InChI=1S/C12H22N2O3S/c1-3-8(2)11(12(16)17)14-10(15)6-9-7-18-5-4-13-9/h8-9,11,13H,3-7H2,1-2H3,(H,14,15)(H,16,17)/t8?,9?,11-/m0/s1. The highest BCUT2D eigenvalue weighted by molar-refractivity contribution is 7.99. The molecule has 0 aromatic heterocycles. The predicted molar refractivity (Wildman–Crippen MR) is 72.8 cm³/mol. The fourth-order valence-electron chi connectivity index (χ4n) is 1.89. The van der Waals surface area contributed by atoms with Crippen molar-refractivity contribution >= 4 is 23.6 Å². The molecule has 0 bridgehead atoms. The van der Waals surface area contributed by atoms with E-state index < -0.39 is 12.0 Å². The smallest absolute Gasteiger partial charge is 0.326 e. The number of carbonyl (C=O) groups excluding carboxylic acids is 1. The van der Waals surface area contributed by atoms with Crippen molar-refractivity contribution in [3.05, 3.63) is 0 Å². The highest BCUT2D eigenvalue weighted by atomic mass is 32.2. The highest BCUT2D eigenvalue weighted by Gasteiger charge is 2.26. The maximum atomic E-state index is 11.8. The summed E-state index contributed by atoms with van der Waals surface area (Å²) in [5.74, 6) is 0.795. The summed E-state index contributed by atoms with van der Waals surface area (Å²) in [6.45, 7) is 4.68. The van der Waals surface area contributed by atoms with Crippen LogP contribution in [0.3, 0.4) is 0 Å². The minimum atomic E-state index is -0.955. The second-order valence-electron chi connectivity index (χ2n) is 4.70. The Morgan fingerprint density at radius 2 is 2.28 bits per heavy atom. The van der Waals surface area contributed by atoms with Crippen molar-refractivity contribution in [2.75, 3.05) is 18.1 Å². The molecule has 104 valence electrons. The van der Waals surface area contributed by atoms with Crippen LogP contribution in [0.2, 0.25) is 0 Å². The molecular weight excluding hydrogens is 252 g/mol. The molecule has 6 heteroatoms. The zero-order chi connectivity index (χ0) is 13.5. The Morgan fingerprint density at radius 1 is 1.56 bits per heavy atom. The molecule has 0 aromatic rings. The third-order valence-electron chi connectivity index (χ3n) is 3.23. The first-order valence-electron chi connectivity index (χ1n) is 6.37. The van der Waals surface area contributed by atoms with Crippen LogP contribution < -0.4 is 10.6 Å². The number of rotatable bonds is 6. The van der Waals surface area contributed by atoms with Crippen LogP contribution in [0.4, 0.5) is 0 Å². The van der Waals surface area contributed by atoms with E-state index >= 15 is 0 Å². The first-order valence-corrected chi connectivity index (χ1v) is 7.53. The van der Waals surface area contributed by atoms with Crippen LogP contribution in [-0.2, 0) is 9.59 Å². The number of nitrogens with one attached hydrogen (secondary N) is 2. The van der Waals surface area contributed by atoms with Crippen molar-refractivity contribution in [3.8, 4) is 0 Å². The van der Waals surface area contributed by atoms with Gasteiger partial charge in [0.25, 0.3) is 0 Å². The molecule has 18 heavy (non-hydrogen) atoms. The third-order valence-corrected chi connectivity index (χ3v) is 4.36. The fraction of sp³-hybridized carbons (Fsp3) is 0.833. The number of amides is 1. The predicted octanol–water partition coefficient (Wildman–Crippen LogP) is 0.697. The quantitative estimate of drug-likeness (QED) is 0.664. The second kappa shape index (κ2) is 7.63. The van der Waals surface area contributed by atoms with Crippen LogP contribution in [0, 0.1) is 5.92 Å². The molecule has 0 spiro atoms. The first-order chi connectivity index (χ1) is 8.54. The highest BCUT2D eigenvalue weighted by Crippen LogP contribution is 2.12. The molecule has 1 aliphatic rings. The van der Waals surface area contributed by atoms with Gasteiger partial charge in [0.2, 0.25) is 5.91 Å². The topological polar surface area (TPSA) is 78.4 Å². The number of carboxylic acid groups (broad SMARTS) is 1. The molecule has 1 heterocycles. The van der Waals surface area contributed by atoms with Crippen molar-refractivity contribution in [3.63, 3.8) is 0 Å². The van der Waals surface area contributed by atoms with Crippen LogP contribution in [0.15, 0.2) is 0 Å². The van der Waals surface area contributed by atoms with E-state index in [1.807, 2.05) is 25.6 Å². The molecule has 1 aliphatic heterocycles. The number of carbonyl (C=O) groups is 2. The molecule has 0 radical (unpaired) electrons. The van der Waals surface area contributed by atoms with Crippen molar-refractivity contribution < 1.29 is 14.7 Å². The lowest BCUT2D eigenvalue weighted by Crippen LogP contribution is -2.48. The van der Waals surface area contributed by atoms with E-state index in [1.54, 1.807) is 0 Å². The van der Waals surface area contributed by atoms with Crippen molar-refractivity contribution in [1.29, 1.82) is 0 Å². The van der Waals surface area contributed by atoms with Gasteiger partial charge in [-0.15, -0.1) is 0 Å². The molecule has 1 fully saturated rings. The normalized spacial score (nSPS) is 23.1. The summed E-state index contributed by atoms with van der Waals surface area (Å²) < 4.78 is 0. The lowest BCUT2D eigenvalue weighted by molar-refractivity contribution is -0.143. The van der Waals surface area contributed by atoms with E-state index in [1.165, 1.54) is 0 Å². The molecule has 0 aliphatic carbocycles. The Morgan fingerprint density at radius 3 is 2.78 bits per heavy atom. The monoisotopic (exact) mass is 274 g/mol. The number of aliphatic carboxylic acids is 1. The third kappa shape index (κ3) is 4.86. The molecule has 5 nitrogen and oxygen atoms in total. The maximum absolute atomic E-state index is 11.8. The number of hydrogen-bond acceptors (Lipinski definition) is 4. The second-order valence-corrected chi connectivity index (χ2v) is 5.85. The van der Waals surface area contributed by atoms with E-state index in [0.29, 0.717) is 6.42 Å². The molecule has 1 amide bonds. The van der Waals surface area contributed by atoms with Gasteiger partial charge >= 0.3 is 5.97 Å². The van der Waals surface area contributed by atoms with Gasteiger partial charge in [-0.05, 0) is 5.92 Å². The lowest BCUT2D eigenvalue weighted by atomic mass is 9.99. The summed E-state index contributed by atoms with van der Waals surface area (Å²) in [6, 6.07) is -0.617. The van der Waals surface area contributed by atoms with E-state index in [2.05, 4.69) is 10.6 Å². The fourth-order valence-corrected chi connectivity index (χ4v) is 2.84.